The third-order valence-corrected chi connectivity index (χ3v) is 4.61. The van der Waals surface area contributed by atoms with E-state index in [0.29, 0.717) is 0 Å². The van der Waals surface area contributed by atoms with E-state index in [2.05, 4.69) is 24.1 Å². The Morgan fingerprint density at radius 1 is 1.06 bits per heavy atom. The lowest BCUT2D eigenvalue weighted by Gasteiger charge is -2.31. The summed E-state index contributed by atoms with van der Waals surface area (Å²) in [6, 6.07) is 1.62. The third-order valence-electron chi connectivity index (χ3n) is 4.61. The van der Waals surface area contributed by atoms with Gasteiger partial charge in [0.25, 0.3) is 0 Å². The predicted octanol–water partition coefficient (Wildman–Crippen LogP) is 2.64. The van der Waals surface area contributed by atoms with Crippen molar-refractivity contribution in [3.63, 3.8) is 0 Å². The molecular formula is C14H28N2. The molecule has 0 radical (unpaired) electrons. The summed E-state index contributed by atoms with van der Waals surface area (Å²) in [6.45, 7) is 8.55. The maximum absolute atomic E-state index is 3.78. The maximum atomic E-state index is 3.78. The van der Waals surface area contributed by atoms with Gasteiger partial charge in [-0.25, -0.2) is 0 Å². The fourth-order valence-corrected chi connectivity index (χ4v) is 3.34. The molecule has 0 aromatic heterocycles. The molecule has 3 atom stereocenters. The monoisotopic (exact) mass is 224 g/mol. The van der Waals surface area contributed by atoms with Gasteiger partial charge in [0.15, 0.2) is 0 Å². The first-order valence-electron chi connectivity index (χ1n) is 7.25. The minimum absolute atomic E-state index is 0.798. The van der Waals surface area contributed by atoms with E-state index in [1.807, 2.05) is 0 Å². The molecule has 2 fully saturated rings. The van der Waals surface area contributed by atoms with E-state index in [-0.39, 0.29) is 0 Å². The number of hydrogen-bond donors (Lipinski definition) is 1. The molecule has 1 saturated carbocycles. The van der Waals surface area contributed by atoms with Crippen molar-refractivity contribution in [3.8, 4) is 0 Å². The van der Waals surface area contributed by atoms with Gasteiger partial charge in [-0.1, -0.05) is 19.8 Å². The fourth-order valence-electron chi connectivity index (χ4n) is 3.34. The highest BCUT2D eigenvalue weighted by Crippen LogP contribution is 2.23. The topological polar surface area (TPSA) is 15.3 Å². The summed E-state index contributed by atoms with van der Waals surface area (Å²) in [4.78, 5) is 2.64. The molecule has 0 spiro atoms. The second-order valence-electron chi connectivity index (χ2n) is 5.85. The number of rotatable bonds is 4. The Labute approximate surface area is 101 Å². The zero-order chi connectivity index (χ0) is 11.4. The predicted molar refractivity (Wildman–Crippen MR) is 69.7 cm³/mol. The smallest absolute Gasteiger partial charge is 0.0110 e. The van der Waals surface area contributed by atoms with E-state index in [4.69, 9.17) is 0 Å². The van der Waals surface area contributed by atoms with E-state index in [0.717, 1.165) is 18.0 Å². The molecule has 1 N–H and O–H groups in total. The van der Waals surface area contributed by atoms with Crippen LogP contribution in [0.3, 0.4) is 0 Å². The summed E-state index contributed by atoms with van der Waals surface area (Å²) >= 11 is 0. The van der Waals surface area contributed by atoms with Gasteiger partial charge in [-0.3, -0.25) is 4.90 Å². The Morgan fingerprint density at radius 3 is 2.56 bits per heavy atom. The summed E-state index contributed by atoms with van der Waals surface area (Å²) < 4.78 is 0. The quantitative estimate of drug-likeness (QED) is 0.790. The van der Waals surface area contributed by atoms with Gasteiger partial charge in [0.05, 0.1) is 0 Å². The summed E-state index contributed by atoms with van der Waals surface area (Å²) in [7, 11) is 0. The van der Waals surface area contributed by atoms with Crippen molar-refractivity contribution in [2.24, 2.45) is 5.92 Å². The summed E-state index contributed by atoms with van der Waals surface area (Å²) in [5, 5.41) is 3.78. The molecule has 0 aromatic carbocycles. The number of hydrogen-bond acceptors (Lipinski definition) is 2. The van der Waals surface area contributed by atoms with Crippen LogP contribution in [0.15, 0.2) is 0 Å². The summed E-state index contributed by atoms with van der Waals surface area (Å²) in [5.41, 5.74) is 0. The molecule has 0 amide bonds. The van der Waals surface area contributed by atoms with Crippen LogP contribution >= 0.6 is 0 Å². The summed E-state index contributed by atoms with van der Waals surface area (Å²) in [6.07, 6.45) is 8.51. The van der Waals surface area contributed by atoms with Gasteiger partial charge in [0.2, 0.25) is 0 Å². The molecule has 0 bridgehead atoms. The standard InChI is InChI=1S/C14H28N2/c1-12-6-3-4-8-14(12)15-9-11-16-10-5-7-13(16)2/h12-15H,3-11H2,1-2H3. The highest BCUT2D eigenvalue weighted by molar-refractivity contribution is 4.80. The van der Waals surface area contributed by atoms with Gasteiger partial charge in [-0.05, 0) is 45.1 Å². The first-order valence-corrected chi connectivity index (χ1v) is 7.25. The van der Waals surface area contributed by atoms with Crippen LogP contribution in [-0.4, -0.2) is 36.6 Å². The molecule has 94 valence electrons. The molecule has 16 heavy (non-hydrogen) atoms. The van der Waals surface area contributed by atoms with Crippen LogP contribution in [-0.2, 0) is 0 Å². The molecule has 2 rings (SSSR count). The van der Waals surface area contributed by atoms with Crippen LogP contribution in [0.4, 0.5) is 0 Å². The molecule has 3 unspecified atom stereocenters. The molecule has 0 aromatic rings. The normalized spacial score (nSPS) is 36.8. The van der Waals surface area contributed by atoms with Crippen LogP contribution in [0.2, 0.25) is 0 Å². The van der Waals surface area contributed by atoms with Crippen LogP contribution in [0.25, 0.3) is 0 Å². The molecule has 1 saturated heterocycles. The van der Waals surface area contributed by atoms with Crippen LogP contribution in [0.5, 0.6) is 0 Å². The van der Waals surface area contributed by atoms with E-state index < -0.39 is 0 Å². The maximum Gasteiger partial charge on any atom is 0.0110 e. The highest BCUT2D eigenvalue weighted by atomic mass is 15.2. The minimum Gasteiger partial charge on any atom is -0.312 e. The minimum atomic E-state index is 0.798. The average molecular weight is 224 g/mol. The number of nitrogens with one attached hydrogen (secondary N) is 1. The number of nitrogens with zero attached hydrogens (tertiary/aromatic N) is 1. The SMILES string of the molecule is CC1CCCCC1NCCN1CCCC1C. The van der Waals surface area contributed by atoms with Crippen molar-refractivity contribution in [2.45, 2.75) is 64.5 Å². The molecule has 1 aliphatic heterocycles. The van der Waals surface area contributed by atoms with Crippen molar-refractivity contribution in [1.29, 1.82) is 0 Å². The molecule has 2 heteroatoms. The average Bonchev–Trinajstić information content (AvgIpc) is 2.67. The van der Waals surface area contributed by atoms with E-state index >= 15 is 0 Å². The lowest BCUT2D eigenvalue weighted by atomic mass is 9.86. The lowest BCUT2D eigenvalue weighted by Crippen LogP contribution is -2.42. The first-order chi connectivity index (χ1) is 7.77. The Bertz CT molecular complexity index is 205. The highest BCUT2D eigenvalue weighted by Gasteiger charge is 2.22. The van der Waals surface area contributed by atoms with Crippen LogP contribution < -0.4 is 5.32 Å². The Hall–Kier alpha value is -0.0800. The van der Waals surface area contributed by atoms with Crippen molar-refractivity contribution >= 4 is 0 Å². The molecular weight excluding hydrogens is 196 g/mol. The van der Waals surface area contributed by atoms with Gasteiger partial charge >= 0.3 is 0 Å². The Morgan fingerprint density at radius 2 is 1.88 bits per heavy atom. The molecule has 1 heterocycles. The van der Waals surface area contributed by atoms with Gasteiger partial charge in [-0.15, -0.1) is 0 Å². The van der Waals surface area contributed by atoms with E-state index in [9.17, 15) is 0 Å². The van der Waals surface area contributed by atoms with Crippen LogP contribution in [0, 0.1) is 5.92 Å². The van der Waals surface area contributed by atoms with Gasteiger partial charge in [0, 0.05) is 25.2 Å². The lowest BCUT2D eigenvalue weighted by molar-refractivity contribution is 0.237. The molecule has 2 nitrogen and oxygen atoms in total. The Balaban J connectivity index is 1.63. The number of likely N-dealkylation sites (tertiary alicyclic amines) is 1. The molecule has 2 aliphatic rings. The van der Waals surface area contributed by atoms with Crippen molar-refractivity contribution in [1.82, 2.24) is 10.2 Å². The molecule has 1 aliphatic carbocycles. The van der Waals surface area contributed by atoms with E-state index in [1.165, 1.54) is 58.2 Å². The van der Waals surface area contributed by atoms with Crippen molar-refractivity contribution in [3.05, 3.63) is 0 Å². The van der Waals surface area contributed by atoms with Gasteiger partial charge < -0.3 is 5.32 Å². The van der Waals surface area contributed by atoms with E-state index in [1.54, 1.807) is 0 Å². The third kappa shape index (κ3) is 3.21. The second-order valence-corrected chi connectivity index (χ2v) is 5.85. The zero-order valence-corrected chi connectivity index (χ0v) is 11.0. The van der Waals surface area contributed by atoms with Gasteiger partial charge in [0.1, 0.15) is 0 Å². The zero-order valence-electron chi connectivity index (χ0n) is 11.0. The first kappa shape index (κ1) is 12.4. The second kappa shape index (κ2) is 6.02. The van der Waals surface area contributed by atoms with Crippen molar-refractivity contribution < 1.29 is 0 Å². The van der Waals surface area contributed by atoms with Crippen molar-refractivity contribution in [2.75, 3.05) is 19.6 Å². The Kier molecular flexibility index (Phi) is 4.66. The van der Waals surface area contributed by atoms with Crippen LogP contribution in [0.1, 0.15) is 52.4 Å². The fraction of sp³-hybridized carbons (Fsp3) is 1.00. The summed E-state index contributed by atoms with van der Waals surface area (Å²) in [5.74, 6) is 0.893. The largest absolute Gasteiger partial charge is 0.312 e. The van der Waals surface area contributed by atoms with Gasteiger partial charge in [-0.2, -0.15) is 0 Å².